The van der Waals surface area contributed by atoms with E-state index in [9.17, 15) is 0 Å². The zero-order valence-corrected chi connectivity index (χ0v) is 16.1. The Kier molecular flexibility index (Phi) is 4.70. The molecule has 0 bridgehead atoms. The third kappa shape index (κ3) is 3.36. The number of hydrogen-bond acceptors (Lipinski definition) is 5. The summed E-state index contributed by atoms with van der Waals surface area (Å²) in [6.45, 7) is 4.49. The Morgan fingerprint density at radius 1 is 1.21 bits per heavy atom. The van der Waals surface area contributed by atoms with E-state index in [0.29, 0.717) is 18.1 Å². The van der Waals surface area contributed by atoms with Gasteiger partial charge in [-0.3, -0.25) is 5.10 Å². The Balaban J connectivity index is 1.48. The van der Waals surface area contributed by atoms with Crippen molar-refractivity contribution in [3.05, 3.63) is 53.6 Å². The van der Waals surface area contributed by atoms with Crippen molar-refractivity contribution in [1.82, 2.24) is 30.3 Å². The second-order valence-corrected chi connectivity index (χ2v) is 7.83. The maximum absolute atomic E-state index is 5.95. The first kappa shape index (κ1) is 17.6. The minimum absolute atomic E-state index is 0.339. The summed E-state index contributed by atoms with van der Waals surface area (Å²) >= 11 is 0. The number of aromatic amines is 1. The van der Waals surface area contributed by atoms with E-state index in [1.54, 1.807) is 0 Å². The quantitative estimate of drug-likeness (QED) is 0.730. The molecule has 0 unspecified atom stereocenters. The zero-order chi connectivity index (χ0) is 18.9. The molecule has 1 aliphatic heterocycles. The highest BCUT2D eigenvalue weighted by Crippen LogP contribution is 2.35. The lowest BCUT2D eigenvalue weighted by molar-refractivity contribution is -0.0282. The summed E-state index contributed by atoms with van der Waals surface area (Å²) in [6, 6.07) is 10.9. The Morgan fingerprint density at radius 2 is 2.11 bits per heavy atom. The van der Waals surface area contributed by atoms with Crippen molar-refractivity contribution >= 4 is 0 Å². The van der Waals surface area contributed by atoms with Crippen LogP contribution >= 0.6 is 0 Å². The molecule has 2 fully saturated rings. The fourth-order valence-corrected chi connectivity index (χ4v) is 4.47. The molecule has 1 aromatic carbocycles. The van der Waals surface area contributed by atoms with Crippen molar-refractivity contribution in [2.24, 2.45) is 0 Å². The number of rotatable bonds is 4. The third-order valence-corrected chi connectivity index (χ3v) is 5.94. The zero-order valence-electron chi connectivity index (χ0n) is 16.1. The summed E-state index contributed by atoms with van der Waals surface area (Å²) in [5.41, 5.74) is 3.20. The summed E-state index contributed by atoms with van der Waals surface area (Å²) < 4.78 is 8.04. The van der Waals surface area contributed by atoms with E-state index in [4.69, 9.17) is 14.8 Å². The lowest BCUT2D eigenvalue weighted by Gasteiger charge is -2.39. The standard InChI is InChI=1S/C21H26N6O/c1-14-17(12-23-25-14)20-24-21(27(26-20)13-15-5-3-2-4-6-15)16-7-8-19-18(11-16)22-9-10-28-19/h2-6,12,16,18-19,22H,7-11,13H2,1H3,(H,23,25)/t16-,18+,19+/m0/s1. The average molecular weight is 378 g/mol. The first-order valence-electron chi connectivity index (χ1n) is 10.1. The van der Waals surface area contributed by atoms with Crippen molar-refractivity contribution in [3.63, 3.8) is 0 Å². The minimum atomic E-state index is 0.339. The summed E-state index contributed by atoms with van der Waals surface area (Å²) in [5, 5.41) is 15.7. The van der Waals surface area contributed by atoms with Crippen LogP contribution in [0, 0.1) is 6.92 Å². The summed E-state index contributed by atoms with van der Waals surface area (Å²) in [7, 11) is 0. The second-order valence-electron chi connectivity index (χ2n) is 7.83. The van der Waals surface area contributed by atoms with Crippen LogP contribution in [0.25, 0.3) is 11.4 Å². The van der Waals surface area contributed by atoms with Gasteiger partial charge in [-0.05, 0) is 31.7 Å². The van der Waals surface area contributed by atoms with Gasteiger partial charge in [0.15, 0.2) is 5.82 Å². The molecule has 2 N–H and O–H groups in total. The van der Waals surface area contributed by atoms with Crippen LogP contribution in [-0.4, -0.2) is 50.3 Å². The molecule has 7 nitrogen and oxygen atoms in total. The number of aryl methyl sites for hydroxylation is 1. The van der Waals surface area contributed by atoms with E-state index >= 15 is 0 Å². The van der Waals surface area contributed by atoms with Crippen LogP contribution in [0.3, 0.4) is 0 Å². The number of ether oxygens (including phenoxy) is 1. The number of fused-ring (bicyclic) bond motifs is 1. The number of benzene rings is 1. The first-order valence-corrected chi connectivity index (χ1v) is 10.1. The van der Waals surface area contributed by atoms with E-state index in [-0.39, 0.29) is 0 Å². The molecule has 0 spiro atoms. The number of nitrogens with one attached hydrogen (secondary N) is 2. The van der Waals surface area contributed by atoms with Crippen LogP contribution < -0.4 is 5.32 Å². The first-order chi connectivity index (χ1) is 13.8. The number of morpholine rings is 1. The molecule has 2 aliphatic rings. The molecule has 2 aromatic heterocycles. The van der Waals surface area contributed by atoms with Gasteiger partial charge in [-0.1, -0.05) is 30.3 Å². The van der Waals surface area contributed by atoms with Gasteiger partial charge in [-0.15, -0.1) is 0 Å². The predicted octanol–water partition coefficient (Wildman–Crippen LogP) is 2.65. The highest BCUT2D eigenvalue weighted by atomic mass is 16.5. The van der Waals surface area contributed by atoms with Crippen LogP contribution in [-0.2, 0) is 11.3 Å². The normalized spacial score (nSPS) is 24.8. The minimum Gasteiger partial charge on any atom is -0.375 e. The van der Waals surface area contributed by atoms with Gasteiger partial charge in [0.2, 0.25) is 0 Å². The number of H-pyrrole nitrogens is 1. The molecule has 5 rings (SSSR count). The van der Waals surface area contributed by atoms with Crippen LogP contribution in [0.5, 0.6) is 0 Å². The summed E-state index contributed by atoms with van der Waals surface area (Å²) in [5.74, 6) is 2.21. The fraction of sp³-hybridized carbons (Fsp3) is 0.476. The van der Waals surface area contributed by atoms with Gasteiger partial charge in [-0.25, -0.2) is 9.67 Å². The van der Waals surface area contributed by atoms with Crippen molar-refractivity contribution in [1.29, 1.82) is 0 Å². The molecular weight excluding hydrogens is 352 g/mol. The lowest BCUT2D eigenvalue weighted by atomic mass is 9.82. The van der Waals surface area contributed by atoms with Crippen LogP contribution in [0.4, 0.5) is 0 Å². The molecule has 3 atom stereocenters. The molecule has 7 heteroatoms. The molecule has 3 heterocycles. The molecule has 0 amide bonds. The smallest absolute Gasteiger partial charge is 0.184 e. The van der Waals surface area contributed by atoms with E-state index in [2.05, 4.69) is 44.5 Å². The van der Waals surface area contributed by atoms with Gasteiger partial charge in [0.1, 0.15) is 5.82 Å². The van der Waals surface area contributed by atoms with Crippen LogP contribution in [0.15, 0.2) is 36.5 Å². The molecule has 146 valence electrons. The maximum atomic E-state index is 5.95. The van der Waals surface area contributed by atoms with Crippen molar-refractivity contribution in [2.75, 3.05) is 13.2 Å². The number of nitrogens with zero attached hydrogens (tertiary/aromatic N) is 4. The monoisotopic (exact) mass is 378 g/mol. The third-order valence-electron chi connectivity index (χ3n) is 5.94. The Hall–Kier alpha value is -2.51. The molecule has 1 saturated heterocycles. The predicted molar refractivity (Wildman–Crippen MR) is 106 cm³/mol. The van der Waals surface area contributed by atoms with Gasteiger partial charge < -0.3 is 10.1 Å². The summed E-state index contributed by atoms with van der Waals surface area (Å²) in [6.07, 6.45) is 5.35. The van der Waals surface area contributed by atoms with E-state index in [1.165, 1.54) is 5.56 Å². The van der Waals surface area contributed by atoms with Crippen LogP contribution in [0.1, 0.15) is 42.3 Å². The van der Waals surface area contributed by atoms with Crippen molar-refractivity contribution in [2.45, 2.75) is 50.8 Å². The Morgan fingerprint density at radius 3 is 2.93 bits per heavy atom. The van der Waals surface area contributed by atoms with Gasteiger partial charge in [-0.2, -0.15) is 10.2 Å². The molecule has 0 radical (unpaired) electrons. The second kappa shape index (κ2) is 7.48. The maximum Gasteiger partial charge on any atom is 0.184 e. The highest BCUT2D eigenvalue weighted by Gasteiger charge is 2.36. The van der Waals surface area contributed by atoms with E-state index in [0.717, 1.165) is 61.9 Å². The Labute approximate surface area is 164 Å². The number of aromatic nitrogens is 5. The van der Waals surface area contributed by atoms with Crippen molar-refractivity contribution in [3.8, 4) is 11.4 Å². The van der Waals surface area contributed by atoms with Gasteiger partial charge >= 0.3 is 0 Å². The van der Waals surface area contributed by atoms with E-state index < -0.39 is 0 Å². The largest absolute Gasteiger partial charge is 0.375 e. The molecule has 1 saturated carbocycles. The van der Waals surface area contributed by atoms with Gasteiger partial charge in [0.25, 0.3) is 0 Å². The Bertz CT molecular complexity index is 934. The highest BCUT2D eigenvalue weighted by molar-refractivity contribution is 5.56. The topological polar surface area (TPSA) is 80.6 Å². The average Bonchev–Trinajstić information content (AvgIpc) is 3.34. The molecule has 1 aliphatic carbocycles. The fourth-order valence-electron chi connectivity index (χ4n) is 4.47. The van der Waals surface area contributed by atoms with Gasteiger partial charge in [0.05, 0.1) is 31.0 Å². The van der Waals surface area contributed by atoms with Crippen molar-refractivity contribution < 1.29 is 4.74 Å². The molecule has 28 heavy (non-hydrogen) atoms. The van der Waals surface area contributed by atoms with Crippen LogP contribution in [0.2, 0.25) is 0 Å². The molecular formula is C21H26N6O. The SMILES string of the molecule is Cc1[nH]ncc1-c1nc([C@H]2CC[C@H]3OCCN[C@@H]3C2)n(Cc2ccccc2)n1. The lowest BCUT2D eigenvalue weighted by Crippen LogP contribution is -2.51. The van der Waals surface area contributed by atoms with Gasteiger partial charge in [0, 0.05) is 24.2 Å². The number of hydrogen-bond donors (Lipinski definition) is 2. The van der Waals surface area contributed by atoms with E-state index in [1.807, 2.05) is 19.2 Å². The summed E-state index contributed by atoms with van der Waals surface area (Å²) in [4.78, 5) is 4.99. The molecule has 3 aromatic rings.